The molecule has 1 aromatic heterocycles. The van der Waals surface area contributed by atoms with Crippen LogP contribution < -0.4 is 10.6 Å². The first-order valence-corrected chi connectivity index (χ1v) is 9.50. The average molecular weight is 468 g/mol. The highest BCUT2D eigenvalue weighted by molar-refractivity contribution is 14.0. The molecule has 4 rings (SSSR count). The third-order valence-corrected chi connectivity index (χ3v) is 5.42. The molecule has 0 aliphatic carbocycles. The van der Waals surface area contributed by atoms with Gasteiger partial charge in [-0.15, -0.1) is 24.0 Å². The van der Waals surface area contributed by atoms with Crippen molar-refractivity contribution in [1.82, 2.24) is 15.6 Å². The first-order valence-electron chi connectivity index (χ1n) is 9.50. The second kappa shape index (κ2) is 8.61. The van der Waals surface area contributed by atoms with Crippen LogP contribution in [0.15, 0.2) is 29.4 Å². The highest BCUT2D eigenvalue weighted by Crippen LogP contribution is 2.34. The van der Waals surface area contributed by atoms with Gasteiger partial charge < -0.3 is 20.4 Å². The van der Waals surface area contributed by atoms with E-state index in [2.05, 4.69) is 53.9 Å². The van der Waals surface area contributed by atoms with Crippen molar-refractivity contribution in [3.05, 3.63) is 35.5 Å². The van der Waals surface area contributed by atoms with E-state index >= 15 is 0 Å². The maximum absolute atomic E-state index is 5.94. The van der Waals surface area contributed by atoms with Crippen molar-refractivity contribution in [2.75, 3.05) is 13.1 Å². The van der Waals surface area contributed by atoms with Gasteiger partial charge in [0.15, 0.2) is 5.96 Å². The van der Waals surface area contributed by atoms with Gasteiger partial charge in [0, 0.05) is 30.2 Å². The molecule has 142 valence electrons. The summed E-state index contributed by atoms with van der Waals surface area (Å²) in [5.41, 5.74) is 3.88. The monoisotopic (exact) mass is 468 g/mol. The van der Waals surface area contributed by atoms with E-state index < -0.39 is 0 Å². The van der Waals surface area contributed by atoms with Gasteiger partial charge in [0.25, 0.3) is 0 Å². The summed E-state index contributed by atoms with van der Waals surface area (Å²) in [4.78, 5) is 8.17. The first kappa shape index (κ1) is 19.5. The summed E-state index contributed by atoms with van der Waals surface area (Å²) in [6.07, 6.45) is 7.39. The summed E-state index contributed by atoms with van der Waals surface area (Å²) in [6, 6.07) is 6.81. The predicted octanol–water partition coefficient (Wildman–Crippen LogP) is 3.51. The van der Waals surface area contributed by atoms with Crippen LogP contribution >= 0.6 is 24.0 Å². The molecular weight excluding hydrogens is 439 g/mol. The summed E-state index contributed by atoms with van der Waals surface area (Å²) in [6.45, 7) is 5.93. The molecule has 1 aromatic carbocycles. The summed E-state index contributed by atoms with van der Waals surface area (Å²) in [5.74, 6) is 0.917. The Morgan fingerprint density at radius 1 is 1.35 bits per heavy atom. The summed E-state index contributed by atoms with van der Waals surface area (Å²) < 4.78 is 5.94. The van der Waals surface area contributed by atoms with E-state index in [1.165, 1.54) is 34.9 Å². The van der Waals surface area contributed by atoms with E-state index in [4.69, 9.17) is 9.73 Å². The second-order valence-electron chi connectivity index (χ2n) is 7.18. The average Bonchev–Trinajstić information content (AvgIpc) is 3.31. The summed E-state index contributed by atoms with van der Waals surface area (Å²) in [7, 11) is 0. The first-order chi connectivity index (χ1) is 12.2. The maximum atomic E-state index is 5.94. The normalized spacial score (nSPS) is 24.7. The Hall–Kier alpha value is -1.28. The van der Waals surface area contributed by atoms with Crippen LogP contribution in [0.2, 0.25) is 0 Å². The molecule has 3 atom stereocenters. The number of ether oxygens (including phenoxy) is 1. The topological polar surface area (TPSA) is 61.4 Å². The molecule has 2 bridgehead atoms. The van der Waals surface area contributed by atoms with Crippen molar-refractivity contribution >= 4 is 40.8 Å². The van der Waals surface area contributed by atoms with Crippen LogP contribution in [0, 0.1) is 6.92 Å². The van der Waals surface area contributed by atoms with E-state index in [1.54, 1.807) is 0 Å². The Kier molecular flexibility index (Phi) is 6.45. The van der Waals surface area contributed by atoms with Crippen LogP contribution in [-0.4, -0.2) is 42.3 Å². The van der Waals surface area contributed by atoms with Gasteiger partial charge in [-0.1, -0.05) is 12.1 Å². The summed E-state index contributed by atoms with van der Waals surface area (Å²) >= 11 is 0. The molecule has 0 saturated carbocycles. The molecule has 26 heavy (non-hydrogen) atoms. The highest BCUT2D eigenvalue weighted by atomic mass is 127. The fourth-order valence-corrected chi connectivity index (χ4v) is 4.22. The van der Waals surface area contributed by atoms with E-state index in [9.17, 15) is 0 Å². The maximum Gasteiger partial charge on any atom is 0.191 e. The van der Waals surface area contributed by atoms with Gasteiger partial charge in [-0.3, -0.25) is 4.99 Å². The Morgan fingerprint density at radius 2 is 2.23 bits per heavy atom. The molecule has 0 radical (unpaired) electrons. The third kappa shape index (κ3) is 4.01. The van der Waals surface area contributed by atoms with Crippen LogP contribution in [0.5, 0.6) is 0 Å². The van der Waals surface area contributed by atoms with E-state index in [0.717, 1.165) is 31.9 Å². The van der Waals surface area contributed by atoms with Gasteiger partial charge >= 0.3 is 0 Å². The zero-order valence-corrected chi connectivity index (χ0v) is 17.9. The molecule has 2 saturated heterocycles. The molecule has 2 aliphatic rings. The number of aromatic nitrogens is 1. The van der Waals surface area contributed by atoms with Crippen LogP contribution in [0.25, 0.3) is 10.9 Å². The predicted molar refractivity (Wildman–Crippen MR) is 118 cm³/mol. The molecule has 2 fully saturated rings. The number of guanidine groups is 1. The lowest BCUT2D eigenvalue weighted by atomic mass is 9.96. The van der Waals surface area contributed by atoms with Gasteiger partial charge in [-0.05, 0) is 56.7 Å². The van der Waals surface area contributed by atoms with Gasteiger partial charge in [-0.2, -0.15) is 0 Å². The number of nitrogens with one attached hydrogen (secondary N) is 3. The van der Waals surface area contributed by atoms with Crippen molar-refractivity contribution in [1.29, 1.82) is 0 Å². The number of fused-ring (bicyclic) bond motifs is 3. The van der Waals surface area contributed by atoms with Crippen LogP contribution in [-0.2, 0) is 11.2 Å². The smallest absolute Gasteiger partial charge is 0.191 e. The van der Waals surface area contributed by atoms with Crippen molar-refractivity contribution < 1.29 is 4.74 Å². The minimum atomic E-state index is 0. The number of hydrogen-bond donors (Lipinski definition) is 3. The molecule has 2 aromatic rings. The SMILES string of the molecule is CCNC(=NCCc1c[nH]c2cccc(C)c12)NC1CC2CCC1O2.I. The van der Waals surface area contributed by atoms with Crippen molar-refractivity contribution in [3.8, 4) is 0 Å². The fraction of sp³-hybridized carbons (Fsp3) is 0.550. The minimum absolute atomic E-state index is 0. The van der Waals surface area contributed by atoms with Crippen molar-refractivity contribution in [3.63, 3.8) is 0 Å². The number of hydrogen-bond acceptors (Lipinski definition) is 2. The number of aromatic amines is 1. The number of benzene rings is 1. The number of rotatable bonds is 5. The molecule has 6 heteroatoms. The van der Waals surface area contributed by atoms with E-state index in [1.807, 2.05) is 0 Å². The van der Waals surface area contributed by atoms with Gasteiger partial charge in [0.1, 0.15) is 0 Å². The number of halogens is 1. The zero-order valence-electron chi connectivity index (χ0n) is 15.5. The molecule has 3 unspecified atom stereocenters. The number of nitrogens with zero attached hydrogens (tertiary/aromatic N) is 1. The van der Waals surface area contributed by atoms with E-state index in [-0.39, 0.29) is 24.0 Å². The highest BCUT2D eigenvalue weighted by Gasteiger charge is 2.41. The standard InChI is InChI=1S/C20H28N4O.HI/c1-3-21-20(24-17-11-15-7-8-18(17)25-15)22-10-9-14-12-23-16-6-4-5-13(2)19(14)16;/h4-6,12,15,17-18,23H,3,7-11H2,1-2H3,(H2,21,22,24);1H. The lowest BCUT2D eigenvalue weighted by Gasteiger charge is -2.22. The largest absolute Gasteiger partial charge is 0.373 e. The van der Waals surface area contributed by atoms with Crippen molar-refractivity contribution in [2.24, 2.45) is 4.99 Å². The number of aryl methyl sites for hydroxylation is 1. The molecular formula is C20H29IN4O. The lowest BCUT2D eigenvalue weighted by Crippen LogP contribution is -2.47. The lowest BCUT2D eigenvalue weighted by molar-refractivity contribution is 0.0992. The Bertz CT molecular complexity index is 772. The van der Waals surface area contributed by atoms with Gasteiger partial charge in [0.05, 0.1) is 18.2 Å². The molecule has 2 aliphatic heterocycles. The number of aliphatic imine (C=N–C) groups is 1. The molecule has 3 heterocycles. The van der Waals surface area contributed by atoms with Gasteiger partial charge in [-0.25, -0.2) is 0 Å². The number of H-pyrrole nitrogens is 1. The zero-order chi connectivity index (χ0) is 17.2. The quantitative estimate of drug-likeness (QED) is 0.358. The van der Waals surface area contributed by atoms with E-state index in [0.29, 0.717) is 18.2 Å². The van der Waals surface area contributed by atoms with Crippen LogP contribution in [0.3, 0.4) is 0 Å². The molecule has 0 spiro atoms. The van der Waals surface area contributed by atoms with Crippen LogP contribution in [0.4, 0.5) is 0 Å². The third-order valence-electron chi connectivity index (χ3n) is 5.42. The Balaban J connectivity index is 0.00000196. The van der Waals surface area contributed by atoms with Gasteiger partial charge in [0.2, 0.25) is 0 Å². The second-order valence-corrected chi connectivity index (χ2v) is 7.18. The van der Waals surface area contributed by atoms with Crippen LogP contribution in [0.1, 0.15) is 37.3 Å². The molecule has 3 N–H and O–H groups in total. The van der Waals surface area contributed by atoms with Crippen molar-refractivity contribution in [2.45, 2.75) is 57.8 Å². The fourth-order valence-electron chi connectivity index (χ4n) is 4.22. The molecule has 5 nitrogen and oxygen atoms in total. The minimum Gasteiger partial charge on any atom is -0.373 e. The Morgan fingerprint density at radius 3 is 2.96 bits per heavy atom. The summed E-state index contributed by atoms with van der Waals surface area (Å²) in [5, 5.41) is 8.30. The Labute approximate surface area is 172 Å². The molecule has 0 amide bonds.